The number of aliphatic imine (C=N–C) groups is 1. The fourth-order valence-corrected chi connectivity index (χ4v) is 4.28. The SMILES string of the molecule is CN=C(NCC1CCC(C(C)C)CC1)N1CCOC(c2cnn(C)c2)C1.I. The van der Waals surface area contributed by atoms with E-state index in [1.54, 1.807) is 0 Å². The lowest BCUT2D eigenvalue weighted by atomic mass is 9.77. The lowest BCUT2D eigenvalue weighted by Crippen LogP contribution is -2.49. The molecule has 27 heavy (non-hydrogen) atoms. The Morgan fingerprint density at radius 3 is 2.67 bits per heavy atom. The molecule has 2 heterocycles. The second-order valence-corrected chi connectivity index (χ2v) is 8.21. The van der Waals surface area contributed by atoms with Crippen molar-refractivity contribution in [2.45, 2.75) is 45.6 Å². The van der Waals surface area contributed by atoms with E-state index in [0.717, 1.165) is 55.5 Å². The molecule has 7 heteroatoms. The highest BCUT2D eigenvalue weighted by atomic mass is 127. The van der Waals surface area contributed by atoms with Crippen molar-refractivity contribution in [3.05, 3.63) is 18.0 Å². The van der Waals surface area contributed by atoms with E-state index in [4.69, 9.17) is 4.74 Å². The molecule has 1 N–H and O–H groups in total. The average Bonchev–Trinajstić information content (AvgIpc) is 3.09. The van der Waals surface area contributed by atoms with Crippen LogP contribution in [0, 0.1) is 17.8 Å². The maximum absolute atomic E-state index is 5.95. The molecule has 6 nitrogen and oxygen atoms in total. The number of guanidine groups is 1. The highest BCUT2D eigenvalue weighted by Crippen LogP contribution is 2.32. The zero-order valence-corrected chi connectivity index (χ0v) is 19.6. The lowest BCUT2D eigenvalue weighted by Gasteiger charge is -2.36. The topological polar surface area (TPSA) is 54.7 Å². The highest BCUT2D eigenvalue weighted by molar-refractivity contribution is 14.0. The van der Waals surface area contributed by atoms with Crippen LogP contribution in [0.3, 0.4) is 0 Å². The van der Waals surface area contributed by atoms with E-state index in [1.165, 1.54) is 25.7 Å². The van der Waals surface area contributed by atoms with E-state index in [9.17, 15) is 0 Å². The summed E-state index contributed by atoms with van der Waals surface area (Å²) < 4.78 is 7.78. The van der Waals surface area contributed by atoms with Gasteiger partial charge in [-0.1, -0.05) is 13.8 Å². The number of aryl methyl sites for hydroxylation is 1. The molecule has 0 amide bonds. The predicted molar refractivity (Wildman–Crippen MR) is 121 cm³/mol. The van der Waals surface area contributed by atoms with Crippen molar-refractivity contribution in [1.29, 1.82) is 0 Å². The molecule has 154 valence electrons. The molecule has 1 aromatic rings. The van der Waals surface area contributed by atoms with Gasteiger partial charge in [0.15, 0.2) is 5.96 Å². The third kappa shape index (κ3) is 6.07. The van der Waals surface area contributed by atoms with E-state index < -0.39 is 0 Å². The summed E-state index contributed by atoms with van der Waals surface area (Å²) in [5.74, 6) is 3.53. The first kappa shape index (κ1) is 22.5. The number of halogens is 1. The second kappa shape index (κ2) is 10.6. The van der Waals surface area contributed by atoms with Crippen LogP contribution in [0.1, 0.15) is 51.2 Å². The Hall–Kier alpha value is -0.830. The zero-order chi connectivity index (χ0) is 18.5. The minimum absolute atomic E-state index is 0. The lowest BCUT2D eigenvalue weighted by molar-refractivity contribution is -0.00811. The summed E-state index contributed by atoms with van der Waals surface area (Å²) in [5.41, 5.74) is 1.14. The van der Waals surface area contributed by atoms with Crippen LogP contribution < -0.4 is 5.32 Å². The van der Waals surface area contributed by atoms with Gasteiger partial charge in [-0.05, 0) is 43.4 Å². The fraction of sp³-hybridized carbons (Fsp3) is 0.800. The van der Waals surface area contributed by atoms with Crippen molar-refractivity contribution < 1.29 is 4.74 Å². The van der Waals surface area contributed by atoms with Gasteiger partial charge in [-0.15, -0.1) is 24.0 Å². The molecule has 1 saturated heterocycles. The molecule has 1 saturated carbocycles. The van der Waals surface area contributed by atoms with E-state index >= 15 is 0 Å². The summed E-state index contributed by atoms with van der Waals surface area (Å²) in [4.78, 5) is 6.85. The van der Waals surface area contributed by atoms with Gasteiger partial charge < -0.3 is 15.0 Å². The number of aromatic nitrogens is 2. The summed E-state index contributed by atoms with van der Waals surface area (Å²) in [7, 11) is 3.82. The van der Waals surface area contributed by atoms with Crippen LogP contribution in [0.25, 0.3) is 0 Å². The molecule has 1 aliphatic heterocycles. The van der Waals surface area contributed by atoms with E-state index in [-0.39, 0.29) is 30.1 Å². The molecular formula is C20H36IN5O. The third-order valence-corrected chi connectivity index (χ3v) is 6.06. The van der Waals surface area contributed by atoms with E-state index in [2.05, 4.69) is 34.2 Å². The van der Waals surface area contributed by atoms with Crippen LogP contribution in [-0.4, -0.2) is 53.9 Å². The Morgan fingerprint density at radius 2 is 2.07 bits per heavy atom. The maximum Gasteiger partial charge on any atom is 0.193 e. The molecule has 2 fully saturated rings. The monoisotopic (exact) mass is 489 g/mol. The van der Waals surface area contributed by atoms with Crippen LogP contribution >= 0.6 is 24.0 Å². The molecule has 2 aliphatic rings. The van der Waals surface area contributed by atoms with Gasteiger partial charge in [0.05, 0.1) is 19.3 Å². The molecule has 1 unspecified atom stereocenters. The molecule has 0 spiro atoms. The van der Waals surface area contributed by atoms with Crippen molar-refractivity contribution in [1.82, 2.24) is 20.0 Å². The van der Waals surface area contributed by atoms with Crippen LogP contribution in [0.15, 0.2) is 17.4 Å². The summed E-state index contributed by atoms with van der Waals surface area (Å²) in [6.07, 6.45) is 9.45. The van der Waals surface area contributed by atoms with E-state index in [1.807, 2.05) is 31.2 Å². The van der Waals surface area contributed by atoms with Gasteiger partial charge in [-0.25, -0.2) is 0 Å². The molecule has 0 aromatic carbocycles. The standard InChI is InChI=1S/C20H35N5O.HI/c1-15(2)17-7-5-16(6-8-17)11-22-20(21-3)25-9-10-26-19(14-25)18-12-23-24(4)13-18;/h12-13,15-17,19H,5-11,14H2,1-4H3,(H,21,22);1H. The number of hydrogen-bond acceptors (Lipinski definition) is 3. The van der Waals surface area contributed by atoms with Crippen molar-refractivity contribution in [3.63, 3.8) is 0 Å². The minimum atomic E-state index is 0. The predicted octanol–water partition coefficient (Wildman–Crippen LogP) is 3.45. The van der Waals surface area contributed by atoms with Crippen LogP contribution in [-0.2, 0) is 11.8 Å². The summed E-state index contributed by atoms with van der Waals surface area (Å²) in [5, 5.41) is 7.90. The first-order valence-corrected chi connectivity index (χ1v) is 10.1. The zero-order valence-electron chi connectivity index (χ0n) is 17.2. The van der Waals surface area contributed by atoms with Gasteiger partial charge in [0.25, 0.3) is 0 Å². The fourth-order valence-electron chi connectivity index (χ4n) is 4.28. The Bertz CT molecular complexity index is 595. The molecule has 1 atom stereocenters. The number of rotatable bonds is 4. The molecule has 0 bridgehead atoms. The first-order chi connectivity index (χ1) is 12.6. The number of nitrogens with one attached hydrogen (secondary N) is 1. The molecular weight excluding hydrogens is 453 g/mol. The Kier molecular flexibility index (Phi) is 8.85. The highest BCUT2D eigenvalue weighted by Gasteiger charge is 2.27. The van der Waals surface area contributed by atoms with Crippen molar-refractivity contribution in [2.75, 3.05) is 33.3 Å². The summed E-state index contributed by atoms with van der Waals surface area (Å²) in [6.45, 7) is 8.19. The molecule has 1 aromatic heterocycles. The molecule has 0 radical (unpaired) electrons. The smallest absolute Gasteiger partial charge is 0.193 e. The average molecular weight is 489 g/mol. The normalized spacial score (nSPS) is 26.8. The number of hydrogen-bond donors (Lipinski definition) is 1. The van der Waals surface area contributed by atoms with Gasteiger partial charge in [0.2, 0.25) is 0 Å². The van der Waals surface area contributed by atoms with Crippen molar-refractivity contribution in [3.8, 4) is 0 Å². The summed E-state index contributed by atoms with van der Waals surface area (Å²) >= 11 is 0. The quantitative estimate of drug-likeness (QED) is 0.400. The number of morpholine rings is 1. The first-order valence-electron chi connectivity index (χ1n) is 10.1. The number of nitrogens with zero attached hydrogens (tertiary/aromatic N) is 4. The third-order valence-electron chi connectivity index (χ3n) is 6.06. The van der Waals surface area contributed by atoms with Crippen LogP contribution in [0.2, 0.25) is 0 Å². The Morgan fingerprint density at radius 1 is 1.33 bits per heavy atom. The Balaban J connectivity index is 0.00000261. The Labute approximate surface area is 181 Å². The van der Waals surface area contributed by atoms with Crippen LogP contribution in [0.4, 0.5) is 0 Å². The van der Waals surface area contributed by atoms with E-state index in [0.29, 0.717) is 0 Å². The summed E-state index contributed by atoms with van der Waals surface area (Å²) in [6, 6.07) is 0. The van der Waals surface area contributed by atoms with Gasteiger partial charge in [-0.2, -0.15) is 5.10 Å². The van der Waals surface area contributed by atoms with Crippen LogP contribution in [0.5, 0.6) is 0 Å². The molecule has 1 aliphatic carbocycles. The number of ether oxygens (including phenoxy) is 1. The minimum Gasteiger partial charge on any atom is -0.370 e. The maximum atomic E-state index is 5.95. The largest absolute Gasteiger partial charge is 0.370 e. The van der Waals surface area contributed by atoms with Gasteiger partial charge in [0, 0.05) is 38.9 Å². The molecule has 3 rings (SSSR count). The van der Waals surface area contributed by atoms with Crippen molar-refractivity contribution >= 4 is 29.9 Å². The van der Waals surface area contributed by atoms with Crippen molar-refractivity contribution in [2.24, 2.45) is 29.8 Å². The second-order valence-electron chi connectivity index (χ2n) is 8.21. The van der Waals surface area contributed by atoms with Gasteiger partial charge >= 0.3 is 0 Å². The van der Waals surface area contributed by atoms with Gasteiger partial charge in [-0.3, -0.25) is 9.67 Å². The van der Waals surface area contributed by atoms with Gasteiger partial charge in [0.1, 0.15) is 6.10 Å².